The van der Waals surface area contributed by atoms with E-state index in [9.17, 15) is 9.18 Å². The fourth-order valence-corrected chi connectivity index (χ4v) is 3.47. The Morgan fingerprint density at radius 2 is 2.14 bits per heavy atom. The van der Waals surface area contributed by atoms with E-state index < -0.39 is 5.82 Å². The van der Waals surface area contributed by atoms with Crippen LogP contribution in [0.1, 0.15) is 33.3 Å². The van der Waals surface area contributed by atoms with Gasteiger partial charge in [0, 0.05) is 18.8 Å². The van der Waals surface area contributed by atoms with E-state index in [1.165, 1.54) is 30.9 Å². The number of rotatable bonds is 6. The molecule has 3 aromatic rings. The first-order valence-corrected chi connectivity index (χ1v) is 9.47. The van der Waals surface area contributed by atoms with Gasteiger partial charge >= 0.3 is 0 Å². The Labute approximate surface area is 168 Å². The molecule has 6 nitrogen and oxygen atoms in total. The largest absolute Gasteiger partial charge is 0.496 e. The van der Waals surface area contributed by atoms with Gasteiger partial charge in [-0.05, 0) is 29.7 Å². The zero-order valence-electron chi connectivity index (χ0n) is 16.1. The van der Waals surface area contributed by atoms with Crippen molar-refractivity contribution in [3.63, 3.8) is 0 Å². The zero-order valence-corrected chi connectivity index (χ0v) is 16.1. The van der Waals surface area contributed by atoms with Gasteiger partial charge in [0.2, 0.25) is 0 Å². The molecule has 2 heterocycles. The molecule has 1 aliphatic heterocycles. The number of amides is 1. The summed E-state index contributed by atoms with van der Waals surface area (Å²) in [6, 6.07) is 13.9. The maximum absolute atomic E-state index is 13.4. The molecule has 0 saturated heterocycles. The topological polar surface area (TPSA) is 65.4 Å². The fourth-order valence-electron chi connectivity index (χ4n) is 3.47. The lowest BCUT2D eigenvalue weighted by atomic mass is 10.1. The van der Waals surface area contributed by atoms with Gasteiger partial charge < -0.3 is 14.8 Å². The molecule has 1 atom stereocenters. The van der Waals surface area contributed by atoms with Crippen molar-refractivity contribution in [1.82, 2.24) is 15.1 Å². The molecular weight excluding hydrogens is 373 g/mol. The highest BCUT2D eigenvalue weighted by atomic mass is 19.1. The van der Waals surface area contributed by atoms with Crippen LogP contribution in [0, 0.1) is 5.82 Å². The Hall–Kier alpha value is -3.19. The summed E-state index contributed by atoms with van der Waals surface area (Å²) < 4.78 is 26.2. The van der Waals surface area contributed by atoms with E-state index in [2.05, 4.69) is 22.5 Å². The van der Waals surface area contributed by atoms with Crippen LogP contribution in [0.4, 0.5) is 4.39 Å². The number of halogens is 1. The molecule has 1 N–H and O–H groups in total. The van der Waals surface area contributed by atoms with Crippen LogP contribution in [0.25, 0.3) is 0 Å². The lowest BCUT2D eigenvalue weighted by Crippen LogP contribution is -2.32. The summed E-state index contributed by atoms with van der Waals surface area (Å²) in [5, 5.41) is 7.54. The maximum atomic E-state index is 13.4. The van der Waals surface area contributed by atoms with E-state index in [1.807, 2.05) is 29.1 Å². The number of hydrogen-bond acceptors (Lipinski definition) is 4. The van der Waals surface area contributed by atoms with Gasteiger partial charge in [0.25, 0.3) is 5.91 Å². The molecule has 0 radical (unpaired) electrons. The molecule has 150 valence electrons. The van der Waals surface area contributed by atoms with Gasteiger partial charge in [-0.2, -0.15) is 5.10 Å². The van der Waals surface area contributed by atoms with E-state index >= 15 is 0 Å². The van der Waals surface area contributed by atoms with Gasteiger partial charge in [0.05, 0.1) is 31.5 Å². The van der Waals surface area contributed by atoms with E-state index in [-0.39, 0.29) is 29.9 Å². The van der Waals surface area contributed by atoms with Crippen LogP contribution in [0.2, 0.25) is 0 Å². The first kappa shape index (κ1) is 19.1. The van der Waals surface area contributed by atoms with Crippen molar-refractivity contribution < 1.29 is 18.7 Å². The summed E-state index contributed by atoms with van der Waals surface area (Å²) in [5.41, 5.74) is 3.42. The number of ether oxygens (including phenoxy) is 2. The van der Waals surface area contributed by atoms with E-state index in [4.69, 9.17) is 9.47 Å². The van der Waals surface area contributed by atoms with Crippen LogP contribution in [0.5, 0.6) is 5.75 Å². The minimum absolute atomic E-state index is 0.194. The van der Waals surface area contributed by atoms with Crippen molar-refractivity contribution in [2.24, 2.45) is 0 Å². The minimum Gasteiger partial charge on any atom is -0.496 e. The second-order valence-corrected chi connectivity index (χ2v) is 6.89. The molecule has 1 unspecified atom stereocenters. The summed E-state index contributed by atoms with van der Waals surface area (Å²) in [5.74, 6) is -0.608. The quantitative estimate of drug-likeness (QED) is 0.697. The molecule has 29 heavy (non-hydrogen) atoms. The Morgan fingerprint density at radius 1 is 1.31 bits per heavy atom. The van der Waals surface area contributed by atoms with Crippen molar-refractivity contribution in [3.05, 3.63) is 82.9 Å². The molecule has 7 heteroatoms. The molecule has 0 saturated carbocycles. The summed E-state index contributed by atoms with van der Waals surface area (Å²) in [7, 11) is 1.40. The smallest absolute Gasteiger partial charge is 0.255 e. The zero-order chi connectivity index (χ0) is 20.2. The van der Waals surface area contributed by atoms with Crippen molar-refractivity contribution in [3.8, 4) is 5.75 Å². The van der Waals surface area contributed by atoms with E-state index in [1.54, 1.807) is 0 Å². The van der Waals surface area contributed by atoms with Gasteiger partial charge in [-0.25, -0.2) is 4.39 Å². The average Bonchev–Trinajstić information content (AvgIpc) is 3.15. The third kappa shape index (κ3) is 4.30. The molecule has 0 bridgehead atoms. The van der Waals surface area contributed by atoms with Crippen LogP contribution in [0.15, 0.2) is 54.7 Å². The highest BCUT2D eigenvalue weighted by Gasteiger charge is 2.26. The van der Waals surface area contributed by atoms with Crippen molar-refractivity contribution in [1.29, 1.82) is 0 Å². The van der Waals surface area contributed by atoms with Crippen molar-refractivity contribution >= 4 is 5.91 Å². The van der Waals surface area contributed by atoms with E-state index in [0.717, 1.165) is 17.7 Å². The average molecular weight is 395 g/mol. The molecule has 4 rings (SSSR count). The molecular formula is C22H22FN3O3. The summed E-state index contributed by atoms with van der Waals surface area (Å²) in [6.45, 7) is 1.53. The lowest BCUT2D eigenvalue weighted by Gasteiger charge is -2.22. The number of nitrogens with zero attached hydrogens (tertiary/aromatic N) is 2. The molecule has 1 aliphatic rings. The second kappa shape index (κ2) is 8.45. The predicted molar refractivity (Wildman–Crippen MR) is 105 cm³/mol. The number of carbonyl (C=O) groups is 1. The third-order valence-electron chi connectivity index (χ3n) is 4.91. The molecule has 2 aromatic carbocycles. The number of methoxy groups -OCH3 is 1. The second-order valence-electron chi connectivity index (χ2n) is 6.89. The summed E-state index contributed by atoms with van der Waals surface area (Å²) >= 11 is 0. The lowest BCUT2D eigenvalue weighted by molar-refractivity contribution is 0.0383. The molecule has 1 amide bonds. The fraction of sp³-hybridized carbons (Fsp3) is 0.273. The number of hydrogen-bond donors (Lipinski definition) is 1. The molecule has 0 spiro atoms. The SMILES string of the molecule is COc1cc(F)ccc1C(=O)NCC1OCCc2cn(Cc3ccccc3)nc21. The molecule has 1 aromatic heterocycles. The van der Waals surface area contributed by atoms with Crippen molar-refractivity contribution in [2.45, 2.75) is 19.1 Å². The predicted octanol–water partition coefficient (Wildman–Crippen LogP) is 3.12. The number of fused-ring (bicyclic) bond motifs is 1. The van der Waals surface area contributed by atoms with Gasteiger partial charge in [-0.3, -0.25) is 9.48 Å². The Bertz CT molecular complexity index is 1000. The third-order valence-corrected chi connectivity index (χ3v) is 4.91. The number of benzene rings is 2. The van der Waals surface area contributed by atoms with Gasteiger partial charge in [-0.15, -0.1) is 0 Å². The maximum Gasteiger partial charge on any atom is 0.255 e. The molecule has 0 fully saturated rings. The van der Waals surface area contributed by atoms with Crippen LogP contribution < -0.4 is 10.1 Å². The number of aromatic nitrogens is 2. The summed E-state index contributed by atoms with van der Waals surface area (Å²) in [6.07, 6.45) is 2.51. The van der Waals surface area contributed by atoms with Gasteiger partial charge in [0.15, 0.2) is 0 Å². The molecule has 0 aliphatic carbocycles. The van der Waals surface area contributed by atoms with Crippen LogP contribution >= 0.6 is 0 Å². The first-order valence-electron chi connectivity index (χ1n) is 9.47. The minimum atomic E-state index is -0.456. The Balaban J connectivity index is 1.45. The summed E-state index contributed by atoms with van der Waals surface area (Å²) in [4.78, 5) is 12.5. The van der Waals surface area contributed by atoms with Crippen LogP contribution in [-0.2, 0) is 17.7 Å². The normalized spacial score (nSPS) is 15.6. The van der Waals surface area contributed by atoms with Gasteiger partial charge in [0.1, 0.15) is 17.7 Å². The van der Waals surface area contributed by atoms with Gasteiger partial charge in [-0.1, -0.05) is 30.3 Å². The first-order chi connectivity index (χ1) is 14.1. The van der Waals surface area contributed by atoms with Crippen molar-refractivity contribution in [2.75, 3.05) is 20.3 Å². The Kier molecular flexibility index (Phi) is 5.57. The van der Waals surface area contributed by atoms with E-state index in [0.29, 0.717) is 13.2 Å². The van der Waals surface area contributed by atoms with Crippen LogP contribution in [0.3, 0.4) is 0 Å². The standard InChI is InChI=1S/C22H22FN3O3/c1-28-19-11-17(23)7-8-18(19)22(27)24-12-20-21-16(9-10-29-20)14-26(25-21)13-15-5-3-2-4-6-15/h2-8,11,14,20H,9-10,12-13H2,1H3,(H,24,27). The van der Waals surface area contributed by atoms with Crippen LogP contribution in [-0.4, -0.2) is 35.9 Å². The highest BCUT2D eigenvalue weighted by molar-refractivity contribution is 5.96. The number of carbonyl (C=O) groups excluding carboxylic acids is 1. The Morgan fingerprint density at radius 3 is 2.93 bits per heavy atom. The monoisotopic (exact) mass is 395 g/mol. The number of nitrogens with one attached hydrogen (secondary N) is 1. The highest BCUT2D eigenvalue weighted by Crippen LogP contribution is 2.26.